The molecule has 8 nitrogen and oxygen atoms in total. The molecule has 3 aromatic carbocycles. The van der Waals surface area contributed by atoms with Crippen molar-refractivity contribution < 1.29 is 22.7 Å². The van der Waals surface area contributed by atoms with E-state index in [2.05, 4.69) is 5.32 Å². The number of rotatable bonds is 12. The number of ether oxygens (including phenoxy) is 1. The fourth-order valence-electron chi connectivity index (χ4n) is 3.97. The van der Waals surface area contributed by atoms with Crippen LogP contribution in [0, 0.1) is 6.92 Å². The van der Waals surface area contributed by atoms with Crippen molar-refractivity contribution >= 4 is 39.1 Å². The van der Waals surface area contributed by atoms with E-state index >= 15 is 0 Å². The smallest absolute Gasteiger partial charge is 0.264 e. The van der Waals surface area contributed by atoms with E-state index in [1.807, 2.05) is 45.0 Å². The maximum Gasteiger partial charge on any atom is 0.264 e. The Morgan fingerprint density at radius 1 is 1.00 bits per heavy atom. The van der Waals surface area contributed by atoms with Crippen molar-refractivity contribution in [3.63, 3.8) is 0 Å². The van der Waals surface area contributed by atoms with E-state index in [1.54, 1.807) is 25.1 Å². The van der Waals surface area contributed by atoms with E-state index in [0.29, 0.717) is 10.8 Å². The minimum absolute atomic E-state index is 0.0197. The van der Waals surface area contributed by atoms with Crippen LogP contribution in [-0.4, -0.2) is 50.9 Å². The second-order valence-electron chi connectivity index (χ2n) is 9.67. The van der Waals surface area contributed by atoms with Gasteiger partial charge in [0.05, 0.1) is 17.7 Å². The first kappa shape index (κ1) is 31.0. The molecule has 0 fully saturated rings. The predicted octanol–water partition coefficient (Wildman–Crippen LogP) is 5.18. The molecule has 0 aliphatic rings. The summed E-state index contributed by atoms with van der Waals surface area (Å²) in [5.41, 5.74) is 2.10. The first-order valence-electron chi connectivity index (χ1n) is 13.0. The number of benzene rings is 3. The van der Waals surface area contributed by atoms with E-state index in [0.717, 1.165) is 21.9 Å². The lowest BCUT2D eigenvalue weighted by atomic mass is 10.1. The third-order valence-electron chi connectivity index (χ3n) is 6.66. The van der Waals surface area contributed by atoms with Gasteiger partial charge in [0.2, 0.25) is 11.8 Å². The molecule has 2 atom stereocenters. The molecule has 10 heteroatoms. The number of hydrogen-bond acceptors (Lipinski definition) is 5. The number of nitrogens with one attached hydrogen (secondary N) is 1. The summed E-state index contributed by atoms with van der Waals surface area (Å²) in [5, 5.41) is 3.24. The largest absolute Gasteiger partial charge is 0.497 e. The van der Waals surface area contributed by atoms with Crippen LogP contribution in [-0.2, 0) is 26.2 Å². The summed E-state index contributed by atoms with van der Waals surface area (Å²) in [7, 11) is -2.71. The van der Waals surface area contributed by atoms with Gasteiger partial charge in [-0.2, -0.15) is 0 Å². The highest BCUT2D eigenvalue weighted by Crippen LogP contribution is 2.28. The first-order chi connectivity index (χ1) is 19.0. The molecule has 0 unspecified atom stereocenters. The van der Waals surface area contributed by atoms with Crippen LogP contribution in [0.2, 0.25) is 5.02 Å². The van der Waals surface area contributed by atoms with Crippen molar-refractivity contribution in [3.8, 4) is 5.75 Å². The van der Waals surface area contributed by atoms with Crippen LogP contribution < -0.4 is 14.4 Å². The van der Waals surface area contributed by atoms with E-state index in [9.17, 15) is 18.0 Å². The molecule has 0 aliphatic carbocycles. The number of nitrogens with zero attached hydrogens (tertiary/aromatic N) is 2. The topological polar surface area (TPSA) is 96.0 Å². The van der Waals surface area contributed by atoms with Gasteiger partial charge in [-0.05, 0) is 75.2 Å². The highest BCUT2D eigenvalue weighted by molar-refractivity contribution is 7.92. The SMILES string of the molecule is CC[C@@H](C)NC(=O)[C@H](C)N(Cc1ccc(C)cc1)C(=O)CN(c1cccc(Cl)c1)S(=O)(=O)c1ccc(OC)cc1. The van der Waals surface area contributed by atoms with Crippen molar-refractivity contribution in [1.82, 2.24) is 10.2 Å². The summed E-state index contributed by atoms with van der Waals surface area (Å²) < 4.78 is 33.9. The Hall–Kier alpha value is -3.56. The molecular weight excluding hydrogens is 550 g/mol. The Balaban J connectivity index is 2.02. The number of aryl methyl sites for hydroxylation is 1. The van der Waals surface area contributed by atoms with E-state index < -0.39 is 28.5 Å². The summed E-state index contributed by atoms with van der Waals surface area (Å²) in [6.45, 7) is 7.03. The molecule has 214 valence electrons. The van der Waals surface area contributed by atoms with Crippen LogP contribution >= 0.6 is 11.6 Å². The third-order valence-corrected chi connectivity index (χ3v) is 8.69. The van der Waals surface area contributed by atoms with Crippen molar-refractivity contribution in [3.05, 3.63) is 88.9 Å². The number of anilines is 1. The number of carbonyl (C=O) groups excluding carboxylic acids is 2. The molecule has 0 bridgehead atoms. The molecule has 0 heterocycles. The van der Waals surface area contributed by atoms with Gasteiger partial charge in [0.15, 0.2) is 0 Å². The summed E-state index contributed by atoms with van der Waals surface area (Å²) in [6, 6.07) is 18.9. The van der Waals surface area contributed by atoms with Gasteiger partial charge in [0, 0.05) is 17.6 Å². The molecule has 3 aromatic rings. The molecule has 1 N–H and O–H groups in total. The van der Waals surface area contributed by atoms with Gasteiger partial charge < -0.3 is 15.0 Å². The highest BCUT2D eigenvalue weighted by Gasteiger charge is 2.33. The molecule has 0 aromatic heterocycles. The molecule has 0 aliphatic heterocycles. The van der Waals surface area contributed by atoms with Gasteiger partial charge in [0.25, 0.3) is 10.0 Å². The molecule has 0 saturated carbocycles. The minimum Gasteiger partial charge on any atom is -0.497 e. The van der Waals surface area contributed by atoms with Gasteiger partial charge >= 0.3 is 0 Å². The average molecular weight is 586 g/mol. The molecule has 40 heavy (non-hydrogen) atoms. The Labute approximate surface area is 241 Å². The summed E-state index contributed by atoms with van der Waals surface area (Å²) in [4.78, 5) is 28.5. The molecule has 0 radical (unpaired) electrons. The zero-order chi connectivity index (χ0) is 29.4. The number of halogens is 1. The Morgan fingerprint density at radius 2 is 1.65 bits per heavy atom. The predicted molar refractivity (Wildman–Crippen MR) is 158 cm³/mol. The third kappa shape index (κ3) is 7.76. The zero-order valence-corrected chi connectivity index (χ0v) is 25.0. The molecular formula is C30H36ClN3O5S. The standard InChI is InChI=1S/C30H36ClN3O5S/c1-6-22(3)32-30(36)23(4)33(19-24-12-10-21(2)11-13-24)29(35)20-34(26-9-7-8-25(31)18-26)40(37,38)28-16-14-27(39-5)15-17-28/h7-18,22-23H,6,19-20H2,1-5H3,(H,32,36)/t22-,23+/m1/s1. The number of methoxy groups -OCH3 is 1. The van der Waals surface area contributed by atoms with Crippen LogP contribution in [0.15, 0.2) is 77.7 Å². The van der Waals surface area contributed by atoms with Crippen molar-refractivity contribution in [2.45, 2.75) is 57.6 Å². The molecule has 0 saturated heterocycles. The second kappa shape index (κ2) is 13.7. The number of carbonyl (C=O) groups is 2. The fourth-order valence-corrected chi connectivity index (χ4v) is 5.56. The summed E-state index contributed by atoms with van der Waals surface area (Å²) in [6.07, 6.45) is 0.729. The zero-order valence-electron chi connectivity index (χ0n) is 23.4. The maximum absolute atomic E-state index is 13.9. The number of sulfonamides is 1. The van der Waals surface area contributed by atoms with Gasteiger partial charge in [-0.3, -0.25) is 13.9 Å². The van der Waals surface area contributed by atoms with E-state index in [1.165, 1.54) is 42.3 Å². The summed E-state index contributed by atoms with van der Waals surface area (Å²) >= 11 is 6.21. The first-order valence-corrected chi connectivity index (χ1v) is 14.9. The van der Waals surface area contributed by atoms with Crippen LogP contribution in [0.25, 0.3) is 0 Å². The Kier molecular flexibility index (Phi) is 10.6. The average Bonchev–Trinajstić information content (AvgIpc) is 2.94. The number of hydrogen-bond donors (Lipinski definition) is 1. The van der Waals surface area contributed by atoms with Crippen molar-refractivity contribution in [2.24, 2.45) is 0 Å². The quantitative estimate of drug-likeness (QED) is 0.316. The lowest BCUT2D eigenvalue weighted by molar-refractivity contribution is -0.139. The van der Waals surface area contributed by atoms with Crippen molar-refractivity contribution in [1.29, 1.82) is 0 Å². The molecule has 0 spiro atoms. The van der Waals surface area contributed by atoms with Crippen LogP contribution in [0.4, 0.5) is 5.69 Å². The van der Waals surface area contributed by atoms with Crippen LogP contribution in [0.3, 0.4) is 0 Å². The summed E-state index contributed by atoms with van der Waals surface area (Å²) in [5.74, 6) is -0.360. The van der Waals surface area contributed by atoms with E-state index in [-0.39, 0.29) is 29.1 Å². The minimum atomic E-state index is -4.20. The number of amides is 2. The highest BCUT2D eigenvalue weighted by atomic mass is 35.5. The van der Waals surface area contributed by atoms with Gasteiger partial charge in [0.1, 0.15) is 18.3 Å². The van der Waals surface area contributed by atoms with Gasteiger partial charge in [-0.25, -0.2) is 8.42 Å². The Bertz CT molecular complexity index is 1410. The normalized spacial score (nSPS) is 12.8. The van der Waals surface area contributed by atoms with Crippen LogP contribution in [0.5, 0.6) is 5.75 Å². The monoisotopic (exact) mass is 585 g/mol. The molecule has 3 rings (SSSR count). The van der Waals surface area contributed by atoms with E-state index in [4.69, 9.17) is 16.3 Å². The lowest BCUT2D eigenvalue weighted by Gasteiger charge is -2.32. The second-order valence-corrected chi connectivity index (χ2v) is 12.0. The maximum atomic E-state index is 13.9. The van der Waals surface area contributed by atoms with Crippen molar-refractivity contribution in [2.75, 3.05) is 18.0 Å². The fraction of sp³-hybridized carbons (Fsp3) is 0.333. The lowest BCUT2D eigenvalue weighted by Crippen LogP contribution is -2.52. The van der Waals surface area contributed by atoms with Gasteiger partial charge in [-0.15, -0.1) is 0 Å². The van der Waals surface area contributed by atoms with Crippen LogP contribution in [0.1, 0.15) is 38.3 Å². The Morgan fingerprint density at radius 3 is 2.23 bits per heavy atom. The van der Waals surface area contributed by atoms with Gasteiger partial charge in [-0.1, -0.05) is 54.4 Å². The molecule has 2 amide bonds.